The van der Waals surface area contributed by atoms with E-state index in [2.05, 4.69) is 6.58 Å². The molecule has 6 aromatic carbocycles. The minimum absolute atomic E-state index is 0.102. The van der Waals surface area contributed by atoms with Gasteiger partial charge in [-0.05, 0) is 98.1 Å². The number of nitrogens with zero attached hydrogens (tertiary/aromatic N) is 2. The fourth-order valence-corrected chi connectivity index (χ4v) is 6.88. The van der Waals surface area contributed by atoms with Crippen molar-refractivity contribution in [2.45, 2.75) is 39.3 Å². The van der Waals surface area contributed by atoms with Crippen molar-refractivity contribution in [3.8, 4) is 0 Å². The van der Waals surface area contributed by atoms with E-state index in [1.807, 2.05) is 0 Å². The number of benzene rings is 6. The number of hydrogen-bond donors (Lipinski definition) is 0. The van der Waals surface area contributed by atoms with Gasteiger partial charge >= 0.3 is 18.5 Å². The summed E-state index contributed by atoms with van der Waals surface area (Å²) in [4.78, 5) is 0.372. The zero-order chi connectivity index (χ0) is 47.2. The summed E-state index contributed by atoms with van der Waals surface area (Å²) in [6.07, 6.45) is -16.3. The molecule has 6 rings (SSSR count). The summed E-state index contributed by atoms with van der Waals surface area (Å²) in [7, 11) is 0. The second kappa shape index (κ2) is 15.7. The zero-order valence-corrected chi connectivity index (χ0v) is 31.6. The first-order chi connectivity index (χ1) is 29.0. The number of aryl methyl sites for hydroxylation is 2. The van der Waals surface area contributed by atoms with Gasteiger partial charge in [-0.15, -0.1) is 0 Å². The van der Waals surface area contributed by atoms with Crippen LogP contribution in [0.3, 0.4) is 0 Å². The maximum Gasteiger partial charge on any atom is 0.422 e. The molecule has 0 unspecified atom stereocenters. The fraction of sp³-hybridized carbons (Fsp3) is 0.143. The third-order valence-electron chi connectivity index (χ3n) is 9.43. The standard InChI is InChI=1S/C42H21F19N2/c1-15(2)24-25-26(29(44)34(49)33(48)28(25)43)30(45)35(50)38(24)63(39-36(51)31(46)27(42(59,60)61)32(47)37(39)52)21-7-5-20(6-8-21)62(22-11-16(3)9-18(13-22)40(53,54)55)23-12-17(4)10-19(14-23)41(56,57)58/h5-14H,1H2,2-4H3. The molecule has 0 saturated heterocycles. The van der Waals surface area contributed by atoms with Gasteiger partial charge in [0.15, 0.2) is 58.2 Å². The van der Waals surface area contributed by atoms with Crippen LogP contribution >= 0.6 is 0 Å². The van der Waals surface area contributed by atoms with Crippen molar-refractivity contribution in [3.63, 3.8) is 0 Å². The lowest BCUT2D eigenvalue weighted by atomic mass is 9.94. The van der Waals surface area contributed by atoms with Crippen molar-refractivity contribution in [1.29, 1.82) is 0 Å². The molecule has 6 aromatic rings. The Kier molecular flexibility index (Phi) is 11.5. The molecule has 0 N–H and O–H groups in total. The molecule has 332 valence electrons. The van der Waals surface area contributed by atoms with Gasteiger partial charge in [0.1, 0.15) is 11.3 Å². The monoisotopic (exact) mass is 914 g/mol. The highest BCUT2D eigenvalue weighted by Crippen LogP contribution is 2.51. The number of halogens is 19. The lowest BCUT2D eigenvalue weighted by Gasteiger charge is -2.32. The number of alkyl halides is 9. The van der Waals surface area contributed by atoms with E-state index in [9.17, 15) is 48.3 Å². The lowest BCUT2D eigenvalue weighted by molar-refractivity contribution is -0.143. The molecule has 63 heavy (non-hydrogen) atoms. The average Bonchev–Trinajstić information content (AvgIpc) is 3.17. The Hall–Kier alpha value is -6.41. The molecular formula is C42H21F19N2. The van der Waals surface area contributed by atoms with Gasteiger partial charge < -0.3 is 9.80 Å². The second-order valence-corrected chi connectivity index (χ2v) is 13.9. The third-order valence-corrected chi connectivity index (χ3v) is 9.43. The van der Waals surface area contributed by atoms with Crippen LogP contribution in [0.1, 0.15) is 40.3 Å². The van der Waals surface area contributed by atoms with Crippen LogP contribution in [-0.2, 0) is 18.5 Å². The highest BCUT2D eigenvalue weighted by atomic mass is 19.4. The van der Waals surface area contributed by atoms with Gasteiger partial charge in [0.25, 0.3) is 0 Å². The van der Waals surface area contributed by atoms with Gasteiger partial charge in [-0.3, -0.25) is 0 Å². The van der Waals surface area contributed by atoms with Gasteiger partial charge in [0.2, 0.25) is 0 Å². The predicted octanol–water partition coefficient (Wildman–Crippen LogP) is 15.9. The molecule has 0 spiro atoms. The summed E-state index contributed by atoms with van der Waals surface area (Å²) < 4.78 is 280. The molecule has 0 aromatic heterocycles. The van der Waals surface area contributed by atoms with Gasteiger partial charge in [-0.2, -0.15) is 39.5 Å². The summed E-state index contributed by atoms with van der Waals surface area (Å²) >= 11 is 0. The number of allylic oxidation sites excluding steroid dienone is 1. The number of fused-ring (bicyclic) bond motifs is 1. The van der Waals surface area contributed by atoms with E-state index < -0.39 is 154 Å². The van der Waals surface area contributed by atoms with Crippen molar-refractivity contribution < 1.29 is 83.4 Å². The van der Waals surface area contributed by atoms with Crippen LogP contribution in [0.4, 0.5) is 118 Å². The largest absolute Gasteiger partial charge is 0.422 e. The smallest absolute Gasteiger partial charge is 0.310 e. The molecule has 0 bridgehead atoms. The molecule has 0 aliphatic carbocycles. The molecule has 0 fully saturated rings. The van der Waals surface area contributed by atoms with Crippen molar-refractivity contribution in [3.05, 3.63) is 159 Å². The van der Waals surface area contributed by atoms with E-state index in [-0.39, 0.29) is 11.1 Å². The van der Waals surface area contributed by atoms with E-state index in [1.165, 1.54) is 13.8 Å². The SMILES string of the molecule is C=C(C)c1c(N(c2ccc(N(c3cc(C)cc(C(F)(F)F)c3)c3cc(C)cc(C(F)(F)F)c3)cc2)c2c(F)c(F)c(C(F)(F)F)c(F)c2F)c(F)c(F)c2c(F)c(F)c(F)c(F)c12. The molecule has 0 radical (unpaired) electrons. The van der Waals surface area contributed by atoms with Gasteiger partial charge in [-0.1, -0.05) is 6.58 Å². The Morgan fingerprint density at radius 3 is 1.16 bits per heavy atom. The van der Waals surface area contributed by atoms with Crippen LogP contribution in [0.15, 0.2) is 67.2 Å². The Morgan fingerprint density at radius 1 is 0.413 bits per heavy atom. The molecule has 2 nitrogen and oxygen atoms in total. The van der Waals surface area contributed by atoms with Crippen molar-refractivity contribution in [2.24, 2.45) is 0 Å². The van der Waals surface area contributed by atoms with Crippen LogP contribution in [0.2, 0.25) is 0 Å². The summed E-state index contributed by atoms with van der Waals surface area (Å²) in [5.74, 6) is -28.0. The first-order valence-electron chi connectivity index (χ1n) is 17.3. The molecular weight excluding hydrogens is 893 g/mol. The molecule has 0 aliphatic heterocycles. The lowest BCUT2D eigenvalue weighted by Crippen LogP contribution is -2.23. The first kappa shape index (κ1) is 46.1. The van der Waals surface area contributed by atoms with Gasteiger partial charge in [-0.25, -0.2) is 43.9 Å². The maximum atomic E-state index is 16.5. The van der Waals surface area contributed by atoms with Crippen molar-refractivity contribution in [1.82, 2.24) is 0 Å². The predicted molar refractivity (Wildman–Crippen MR) is 192 cm³/mol. The minimum Gasteiger partial charge on any atom is -0.310 e. The summed E-state index contributed by atoms with van der Waals surface area (Å²) in [5.41, 5.74) is -15.0. The van der Waals surface area contributed by atoms with Crippen LogP contribution in [0.25, 0.3) is 16.3 Å². The summed E-state index contributed by atoms with van der Waals surface area (Å²) in [5, 5.41) is -3.72. The summed E-state index contributed by atoms with van der Waals surface area (Å²) in [6.45, 7) is 6.46. The van der Waals surface area contributed by atoms with Crippen molar-refractivity contribution in [2.75, 3.05) is 9.80 Å². The van der Waals surface area contributed by atoms with Gasteiger partial charge in [0, 0.05) is 33.7 Å². The number of anilines is 6. The number of hydrogen-bond acceptors (Lipinski definition) is 2. The minimum atomic E-state index is -6.17. The van der Waals surface area contributed by atoms with E-state index in [0.29, 0.717) is 48.5 Å². The number of rotatable bonds is 7. The molecule has 21 heteroatoms. The highest BCUT2D eigenvalue weighted by molar-refractivity contribution is 6.02. The van der Waals surface area contributed by atoms with Crippen LogP contribution in [0.5, 0.6) is 0 Å². The van der Waals surface area contributed by atoms with Gasteiger partial charge in [0.05, 0.1) is 22.2 Å². The fourth-order valence-electron chi connectivity index (χ4n) is 6.88. The van der Waals surface area contributed by atoms with E-state index >= 15 is 35.1 Å². The molecule has 0 saturated carbocycles. The molecule has 0 heterocycles. The Bertz CT molecular complexity index is 2760. The van der Waals surface area contributed by atoms with Crippen molar-refractivity contribution >= 4 is 50.5 Å². The Morgan fingerprint density at radius 2 is 0.778 bits per heavy atom. The topological polar surface area (TPSA) is 6.48 Å². The first-order valence-corrected chi connectivity index (χ1v) is 17.3. The second-order valence-electron chi connectivity index (χ2n) is 13.9. The van der Waals surface area contributed by atoms with Crippen LogP contribution in [-0.4, -0.2) is 0 Å². The van der Waals surface area contributed by atoms with Crippen LogP contribution < -0.4 is 9.80 Å². The Balaban J connectivity index is 1.75. The zero-order valence-electron chi connectivity index (χ0n) is 31.6. The molecule has 0 aliphatic rings. The quantitative estimate of drug-likeness (QED) is 0.0894. The average molecular weight is 915 g/mol. The molecule has 0 amide bonds. The third kappa shape index (κ3) is 7.96. The summed E-state index contributed by atoms with van der Waals surface area (Å²) in [6, 6.07) is 7.00. The molecule has 0 atom stereocenters. The highest BCUT2D eigenvalue weighted by Gasteiger charge is 2.45. The van der Waals surface area contributed by atoms with E-state index in [4.69, 9.17) is 0 Å². The van der Waals surface area contributed by atoms with E-state index in [1.54, 1.807) is 0 Å². The Labute approximate surface area is 341 Å². The maximum absolute atomic E-state index is 16.5. The normalized spacial score (nSPS) is 12.3. The van der Waals surface area contributed by atoms with Crippen LogP contribution in [0, 0.1) is 72.0 Å². The van der Waals surface area contributed by atoms with E-state index in [0.717, 1.165) is 24.0 Å².